The monoisotopic (exact) mass is 277 g/mol. The Balaban J connectivity index is 2.31. The van der Waals surface area contributed by atoms with Crippen LogP contribution in [0, 0.1) is 0 Å². The van der Waals surface area contributed by atoms with Gasteiger partial charge in [0, 0.05) is 24.5 Å². The molecule has 0 aromatic carbocycles. The summed E-state index contributed by atoms with van der Waals surface area (Å²) in [6.45, 7) is 10.7. The summed E-state index contributed by atoms with van der Waals surface area (Å²) in [7, 11) is 1.86. The van der Waals surface area contributed by atoms with Crippen molar-refractivity contribution in [3.8, 4) is 0 Å². The van der Waals surface area contributed by atoms with Crippen LogP contribution in [0.2, 0.25) is 0 Å². The smallest absolute Gasteiger partial charge is 0.272 e. The van der Waals surface area contributed by atoms with Crippen LogP contribution in [-0.2, 0) is 12.5 Å². The zero-order chi connectivity index (χ0) is 15.1. The summed E-state index contributed by atoms with van der Waals surface area (Å²) >= 11 is 0. The van der Waals surface area contributed by atoms with Gasteiger partial charge in [-0.3, -0.25) is 9.48 Å². The number of aryl methyl sites for hydroxylation is 1. The Morgan fingerprint density at radius 1 is 1.25 bits per heavy atom. The second-order valence-electron chi connectivity index (χ2n) is 7.13. The lowest BCUT2D eigenvalue weighted by molar-refractivity contribution is 0.0499. The Hall–Kier alpha value is -1.32. The number of piperidine rings is 1. The van der Waals surface area contributed by atoms with Crippen molar-refractivity contribution in [2.45, 2.75) is 71.4 Å². The number of carbonyl (C=O) groups is 1. The van der Waals surface area contributed by atoms with Crippen LogP contribution in [0.1, 0.15) is 70.1 Å². The topological polar surface area (TPSA) is 38.1 Å². The summed E-state index contributed by atoms with van der Waals surface area (Å²) in [5.41, 5.74) is 1.64. The van der Waals surface area contributed by atoms with Gasteiger partial charge in [-0.05, 0) is 39.2 Å². The van der Waals surface area contributed by atoms with Crippen LogP contribution < -0.4 is 0 Å². The molecule has 1 aromatic rings. The van der Waals surface area contributed by atoms with Crippen LogP contribution in [0.25, 0.3) is 0 Å². The van der Waals surface area contributed by atoms with Gasteiger partial charge in [0.25, 0.3) is 5.91 Å². The fourth-order valence-electron chi connectivity index (χ4n) is 2.99. The van der Waals surface area contributed by atoms with Gasteiger partial charge in [0.05, 0.1) is 5.69 Å². The van der Waals surface area contributed by atoms with Crippen molar-refractivity contribution in [2.75, 3.05) is 0 Å². The lowest BCUT2D eigenvalue weighted by Gasteiger charge is -2.38. The summed E-state index contributed by atoms with van der Waals surface area (Å²) in [4.78, 5) is 14.9. The third-order valence-corrected chi connectivity index (χ3v) is 4.30. The maximum absolute atomic E-state index is 12.8. The highest BCUT2D eigenvalue weighted by atomic mass is 16.2. The first-order chi connectivity index (χ1) is 9.21. The van der Waals surface area contributed by atoms with Crippen molar-refractivity contribution in [2.24, 2.45) is 7.05 Å². The molecule has 1 amide bonds. The summed E-state index contributed by atoms with van der Waals surface area (Å²) in [6, 6.07) is 2.59. The van der Waals surface area contributed by atoms with E-state index in [1.807, 2.05) is 18.0 Å². The molecule has 4 nitrogen and oxygen atoms in total. The van der Waals surface area contributed by atoms with Crippen LogP contribution in [0.3, 0.4) is 0 Å². The molecular formula is C16H27N3O. The highest BCUT2D eigenvalue weighted by Crippen LogP contribution is 2.26. The van der Waals surface area contributed by atoms with Crippen molar-refractivity contribution < 1.29 is 4.79 Å². The fraction of sp³-hybridized carbons (Fsp3) is 0.750. The molecule has 0 unspecified atom stereocenters. The molecule has 2 heterocycles. The molecule has 1 aliphatic heterocycles. The number of likely N-dealkylation sites (tertiary alicyclic amines) is 1. The number of hydrogen-bond acceptors (Lipinski definition) is 2. The number of amides is 1. The van der Waals surface area contributed by atoms with E-state index in [0.717, 1.165) is 18.5 Å². The quantitative estimate of drug-likeness (QED) is 0.791. The van der Waals surface area contributed by atoms with Gasteiger partial charge in [-0.25, -0.2) is 0 Å². The van der Waals surface area contributed by atoms with E-state index in [-0.39, 0.29) is 11.3 Å². The lowest BCUT2D eigenvalue weighted by Crippen LogP contribution is -2.48. The van der Waals surface area contributed by atoms with E-state index in [0.29, 0.717) is 17.8 Å². The molecule has 2 rings (SSSR count). The minimum atomic E-state index is -0.0323. The third-order valence-electron chi connectivity index (χ3n) is 4.30. The van der Waals surface area contributed by atoms with E-state index in [1.54, 1.807) is 4.68 Å². The van der Waals surface area contributed by atoms with E-state index in [1.165, 1.54) is 6.42 Å². The van der Waals surface area contributed by atoms with Crippen molar-refractivity contribution in [1.82, 2.24) is 14.7 Å². The van der Waals surface area contributed by atoms with E-state index in [2.05, 4.69) is 39.7 Å². The van der Waals surface area contributed by atoms with Gasteiger partial charge >= 0.3 is 0 Å². The zero-order valence-electron chi connectivity index (χ0n) is 13.6. The maximum Gasteiger partial charge on any atom is 0.272 e. The minimum Gasteiger partial charge on any atom is -0.332 e. The Morgan fingerprint density at radius 3 is 2.25 bits per heavy atom. The van der Waals surface area contributed by atoms with Gasteiger partial charge in [-0.2, -0.15) is 5.10 Å². The SMILES string of the molecule is C[C@@H]1CCC[C@H](C)N1C(=O)c1cc(C(C)(C)C)nn1C. The molecule has 0 radical (unpaired) electrons. The second kappa shape index (κ2) is 5.23. The molecule has 4 heteroatoms. The molecule has 1 saturated heterocycles. The van der Waals surface area contributed by atoms with Crippen molar-refractivity contribution in [3.63, 3.8) is 0 Å². The fourth-order valence-corrected chi connectivity index (χ4v) is 2.99. The largest absolute Gasteiger partial charge is 0.332 e. The average Bonchev–Trinajstić information content (AvgIpc) is 2.70. The van der Waals surface area contributed by atoms with Crippen molar-refractivity contribution in [3.05, 3.63) is 17.5 Å². The Morgan fingerprint density at radius 2 is 1.80 bits per heavy atom. The van der Waals surface area contributed by atoms with Gasteiger partial charge in [-0.15, -0.1) is 0 Å². The number of hydrogen-bond donors (Lipinski definition) is 0. The highest BCUT2D eigenvalue weighted by molar-refractivity contribution is 5.93. The van der Waals surface area contributed by atoms with Crippen LogP contribution in [0.15, 0.2) is 6.07 Å². The molecule has 1 aliphatic rings. The number of aromatic nitrogens is 2. The van der Waals surface area contributed by atoms with Crippen LogP contribution in [0.4, 0.5) is 0 Å². The number of nitrogens with zero attached hydrogens (tertiary/aromatic N) is 3. The van der Waals surface area contributed by atoms with Crippen molar-refractivity contribution >= 4 is 5.91 Å². The van der Waals surface area contributed by atoms with Crippen LogP contribution >= 0.6 is 0 Å². The van der Waals surface area contributed by atoms with Gasteiger partial charge in [-0.1, -0.05) is 20.8 Å². The normalized spacial score (nSPS) is 24.0. The predicted molar refractivity (Wildman–Crippen MR) is 80.9 cm³/mol. The first kappa shape index (κ1) is 15.1. The van der Waals surface area contributed by atoms with E-state index >= 15 is 0 Å². The standard InChI is InChI=1S/C16H27N3O/c1-11-8-7-9-12(2)19(11)15(20)13-10-14(16(3,4)5)17-18(13)6/h10-12H,7-9H2,1-6H3/t11-,12+. The first-order valence-corrected chi connectivity index (χ1v) is 7.59. The van der Waals surface area contributed by atoms with Gasteiger partial charge in [0.15, 0.2) is 0 Å². The second-order valence-corrected chi connectivity index (χ2v) is 7.13. The molecule has 1 aromatic heterocycles. The number of rotatable bonds is 1. The Kier molecular flexibility index (Phi) is 3.94. The minimum absolute atomic E-state index is 0.0323. The van der Waals surface area contributed by atoms with Crippen molar-refractivity contribution in [1.29, 1.82) is 0 Å². The summed E-state index contributed by atoms with van der Waals surface area (Å²) in [5.74, 6) is 0.121. The summed E-state index contributed by atoms with van der Waals surface area (Å²) in [6.07, 6.45) is 3.41. The molecule has 0 aliphatic carbocycles. The molecule has 112 valence electrons. The van der Waals surface area contributed by atoms with Crippen LogP contribution in [0.5, 0.6) is 0 Å². The molecule has 20 heavy (non-hydrogen) atoms. The van der Waals surface area contributed by atoms with Gasteiger partial charge < -0.3 is 4.90 Å². The van der Waals surface area contributed by atoms with E-state index < -0.39 is 0 Å². The molecule has 0 spiro atoms. The first-order valence-electron chi connectivity index (χ1n) is 7.59. The molecule has 0 bridgehead atoms. The van der Waals surface area contributed by atoms with Gasteiger partial charge in [0.1, 0.15) is 5.69 Å². The summed E-state index contributed by atoms with van der Waals surface area (Å²) in [5, 5.41) is 4.52. The Bertz CT molecular complexity index is 488. The van der Waals surface area contributed by atoms with E-state index in [4.69, 9.17) is 0 Å². The van der Waals surface area contributed by atoms with Crippen LogP contribution in [-0.4, -0.2) is 32.7 Å². The Labute approximate surface area is 122 Å². The zero-order valence-corrected chi connectivity index (χ0v) is 13.6. The molecule has 0 saturated carbocycles. The molecule has 2 atom stereocenters. The third kappa shape index (κ3) is 2.74. The highest BCUT2D eigenvalue weighted by Gasteiger charge is 2.32. The van der Waals surface area contributed by atoms with Gasteiger partial charge in [0.2, 0.25) is 0 Å². The lowest BCUT2D eigenvalue weighted by atomic mass is 9.92. The number of carbonyl (C=O) groups excluding carboxylic acids is 1. The average molecular weight is 277 g/mol. The molecule has 1 fully saturated rings. The van der Waals surface area contributed by atoms with E-state index in [9.17, 15) is 4.79 Å². The summed E-state index contributed by atoms with van der Waals surface area (Å²) < 4.78 is 1.73. The molecule has 0 N–H and O–H groups in total. The molecular weight excluding hydrogens is 250 g/mol. The predicted octanol–water partition coefficient (Wildman–Crippen LogP) is 3.12. The maximum atomic E-state index is 12.8.